The molecule has 112 valence electrons. The third-order valence-electron chi connectivity index (χ3n) is 3.53. The number of nitrogens with one attached hydrogen (secondary N) is 1. The number of carbonyl (C=O) groups is 1. The van der Waals surface area contributed by atoms with Crippen LogP contribution in [0, 0.1) is 17.0 Å². The van der Waals surface area contributed by atoms with Crippen LogP contribution in [0.3, 0.4) is 0 Å². The Labute approximate surface area is 118 Å². The Hall–Kier alpha value is -1.49. The number of hydrogen-bond donors (Lipinski definition) is 2. The predicted molar refractivity (Wildman–Crippen MR) is 76.3 cm³/mol. The summed E-state index contributed by atoms with van der Waals surface area (Å²) in [7, 11) is 0. The van der Waals surface area contributed by atoms with Gasteiger partial charge in [-0.3, -0.25) is 4.79 Å². The summed E-state index contributed by atoms with van der Waals surface area (Å²) in [4.78, 5) is 12.4. The Morgan fingerprint density at radius 2 is 1.85 bits per heavy atom. The molecule has 1 amide bonds. The molecule has 0 aliphatic heterocycles. The third kappa shape index (κ3) is 3.54. The number of carbonyl (C=O) groups excluding carboxylic acids is 1. The lowest BCUT2D eigenvalue weighted by molar-refractivity contribution is -0.126. The summed E-state index contributed by atoms with van der Waals surface area (Å²) < 4.78 is 26.8. The van der Waals surface area contributed by atoms with Gasteiger partial charge in [-0.05, 0) is 25.0 Å². The number of benzene rings is 1. The topological polar surface area (TPSA) is 55.1 Å². The molecule has 0 fully saturated rings. The molecule has 0 bridgehead atoms. The number of hydrogen-bond acceptors (Lipinski definition) is 2. The fraction of sp³-hybridized carbons (Fsp3) is 0.533. The maximum absolute atomic E-state index is 13.6. The lowest BCUT2D eigenvalue weighted by Crippen LogP contribution is -2.42. The second-order valence-corrected chi connectivity index (χ2v) is 5.04. The molecule has 0 unspecified atom stereocenters. The van der Waals surface area contributed by atoms with Gasteiger partial charge >= 0.3 is 0 Å². The van der Waals surface area contributed by atoms with E-state index in [-0.39, 0.29) is 18.1 Å². The van der Waals surface area contributed by atoms with E-state index in [2.05, 4.69) is 5.32 Å². The van der Waals surface area contributed by atoms with Gasteiger partial charge in [-0.2, -0.15) is 0 Å². The van der Waals surface area contributed by atoms with Gasteiger partial charge in [0.25, 0.3) is 0 Å². The molecule has 0 spiro atoms. The fourth-order valence-electron chi connectivity index (χ4n) is 2.46. The Kier molecular flexibility index (Phi) is 6.07. The number of amides is 1. The van der Waals surface area contributed by atoms with Crippen molar-refractivity contribution in [3.8, 4) is 0 Å². The Bertz CT molecular complexity index is 457. The standard InChI is InChI=1S/C15H22F2N2O/c1-3-8-15(10-18,9-4-2)14(20)19-12-7-5-6-11(16)13(12)17/h5-7H,3-4,8-10,18H2,1-2H3,(H,19,20). The van der Waals surface area contributed by atoms with E-state index in [1.165, 1.54) is 12.1 Å². The van der Waals surface area contributed by atoms with E-state index < -0.39 is 17.0 Å². The van der Waals surface area contributed by atoms with Gasteiger partial charge in [0.15, 0.2) is 11.6 Å². The van der Waals surface area contributed by atoms with Crippen molar-refractivity contribution in [3.05, 3.63) is 29.8 Å². The Balaban J connectivity index is 2.98. The third-order valence-corrected chi connectivity index (χ3v) is 3.53. The van der Waals surface area contributed by atoms with Crippen LogP contribution in [0.15, 0.2) is 18.2 Å². The predicted octanol–water partition coefficient (Wildman–Crippen LogP) is 3.45. The van der Waals surface area contributed by atoms with Crippen molar-refractivity contribution in [2.75, 3.05) is 11.9 Å². The molecule has 0 radical (unpaired) electrons. The molecule has 0 aliphatic rings. The van der Waals surface area contributed by atoms with E-state index in [0.717, 1.165) is 18.9 Å². The molecular formula is C15H22F2N2O. The molecule has 0 aromatic heterocycles. The number of halogens is 2. The lowest BCUT2D eigenvalue weighted by Gasteiger charge is -2.30. The summed E-state index contributed by atoms with van der Waals surface area (Å²) in [6.07, 6.45) is 2.85. The van der Waals surface area contributed by atoms with Crippen LogP contribution < -0.4 is 11.1 Å². The molecule has 3 N–H and O–H groups in total. The van der Waals surface area contributed by atoms with E-state index in [9.17, 15) is 13.6 Å². The van der Waals surface area contributed by atoms with Crippen molar-refractivity contribution in [1.29, 1.82) is 0 Å². The number of rotatable bonds is 7. The van der Waals surface area contributed by atoms with Gasteiger partial charge < -0.3 is 11.1 Å². The van der Waals surface area contributed by atoms with Gasteiger partial charge in [-0.25, -0.2) is 8.78 Å². The average molecular weight is 284 g/mol. The molecule has 5 heteroatoms. The summed E-state index contributed by atoms with van der Waals surface area (Å²) in [5.74, 6) is -2.36. The zero-order chi connectivity index (χ0) is 15.2. The van der Waals surface area contributed by atoms with Crippen molar-refractivity contribution in [2.24, 2.45) is 11.1 Å². The van der Waals surface area contributed by atoms with Gasteiger partial charge in [-0.15, -0.1) is 0 Å². The average Bonchev–Trinajstić information content (AvgIpc) is 2.43. The van der Waals surface area contributed by atoms with Crippen LogP contribution in [0.5, 0.6) is 0 Å². The highest BCUT2D eigenvalue weighted by atomic mass is 19.2. The maximum atomic E-state index is 13.6. The summed E-state index contributed by atoms with van der Waals surface area (Å²) in [5, 5.41) is 2.48. The van der Waals surface area contributed by atoms with Crippen LogP contribution in [0.4, 0.5) is 14.5 Å². The zero-order valence-electron chi connectivity index (χ0n) is 12.0. The van der Waals surface area contributed by atoms with Gasteiger partial charge in [0, 0.05) is 6.54 Å². The number of nitrogens with two attached hydrogens (primary N) is 1. The van der Waals surface area contributed by atoms with Crippen LogP contribution >= 0.6 is 0 Å². The maximum Gasteiger partial charge on any atom is 0.231 e. The van der Waals surface area contributed by atoms with Crippen molar-refractivity contribution in [1.82, 2.24) is 0 Å². The highest BCUT2D eigenvalue weighted by molar-refractivity contribution is 5.95. The van der Waals surface area contributed by atoms with Crippen LogP contribution in [0.2, 0.25) is 0 Å². The van der Waals surface area contributed by atoms with Gasteiger partial charge in [-0.1, -0.05) is 32.8 Å². The first-order valence-electron chi connectivity index (χ1n) is 6.96. The second kappa shape index (κ2) is 7.33. The largest absolute Gasteiger partial charge is 0.329 e. The first-order chi connectivity index (χ1) is 9.50. The van der Waals surface area contributed by atoms with Crippen molar-refractivity contribution in [2.45, 2.75) is 39.5 Å². The van der Waals surface area contributed by atoms with E-state index >= 15 is 0 Å². The molecule has 0 saturated carbocycles. The van der Waals surface area contributed by atoms with Crippen molar-refractivity contribution in [3.63, 3.8) is 0 Å². The van der Waals surface area contributed by atoms with Crippen LogP contribution in [-0.4, -0.2) is 12.5 Å². The van der Waals surface area contributed by atoms with Crippen molar-refractivity contribution < 1.29 is 13.6 Å². The minimum Gasteiger partial charge on any atom is -0.329 e. The second-order valence-electron chi connectivity index (χ2n) is 5.04. The molecule has 0 atom stereocenters. The quantitative estimate of drug-likeness (QED) is 0.805. The summed E-state index contributed by atoms with van der Waals surface area (Å²) in [6, 6.07) is 3.71. The van der Waals surface area contributed by atoms with E-state index in [1.54, 1.807) is 0 Å². The van der Waals surface area contributed by atoms with Crippen molar-refractivity contribution >= 4 is 11.6 Å². The smallest absolute Gasteiger partial charge is 0.231 e. The summed E-state index contributed by atoms with van der Waals surface area (Å²) >= 11 is 0. The normalized spacial score (nSPS) is 11.4. The fourth-order valence-corrected chi connectivity index (χ4v) is 2.46. The van der Waals surface area contributed by atoms with E-state index in [4.69, 9.17) is 5.73 Å². The van der Waals surface area contributed by atoms with Crippen LogP contribution in [0.1, 0.15) is 39.5 Å². The first kappa shape index (κ1) is 16.6. The van der Waals surface area contributed by atoms with E-state index in [0.29, 0.717) is 12.8 Å². The highest BCUT2D eigenvalue weighted by Gasteiger charge is 2.35. The SMILES string of the molecule is CCCC(CN)(CCC)C(=O)Nc1cccc(F)c1F. The van der Waals surface area contributed by atoms with E-state index in [1.807, 2.05) is 13.8 Å². The lowest BCUT2D eigenvalue weighted by atomic mass is 9.78. The summed E-state index contributed by atoms with van der Waals surface area (Å²) in [5.41, 5.74) is 4.91. The summed E-state index contributed by atoms with van der Waals surface area (Å²) in [6.45, 7) is 4.13. The molecule has 0 saturated heterocycles. The highest BCUT2D eigenvalue weighted by Crippen LogP contribution is 2.31. The minimum atomic E-state index is -1.04. The molecule has 1 aromatic rings. The molecule has 20 heavy (non-hydrogen) atoms. The molecular weight excluding hydrogens is 262 g/mol. The number of anilines is 1. The zero-order valence-corrected chi connectivity index (χ0v) is 12.0. The van der Waals surface area contributed by atoms with Crippen LogP contribution in [-0.2, 0) is 4.79 Å². The van der Waals surface area contributed by atoms with Gasteiger partial charge in [0.1, 0.15) is 0 Å². The molecule has 1 rings (SSSR count). The minimum absolute atomic E-state index is 0.139. The van der Waals surface area contributed by atoms with Crippen LogP contribution in [0.25, 0.3) is 0 Å². The molecule has 1 aromatic carbocycles. The molecule has 0 aliphatic carbocycles. The first-order valence-corrected chi connectivity index (χ1v) is 6.96. The molecule has 0 heterocycles. The van der Waals surface area contributed by atoms with Gasteiger partial charge in [0.2, 0.25) is 5.91 Å². The monoisotopic (exact) mass is 284 g/mol. The van der Waals surface area contributed by atoms with Gasteiger partial charge in [0.05, 0.1) is 11.1 Å². The molecule has 3 nitrogen and oxygen atoms in total. The Morgan fingerprint density at radius 1 is 1.25 bits per heavy atom. The Morgan fingerprint density at radius 3 is 2.35 bits per heavy atom.